The van der Waals surface area contributed by atoms with E-state index in [4.69, 9.17) is 9.72 Å². The Bertz CT molecular complexity index is 1050. The second-order valence-corrected chi connectivity index (χ2v) is 7.57. The molecule has 0 aliphatic carbocycles. The standard InChI is InChI=1S/C22H24N4O2/c1-14-12-15-6-4-5-7-16(15)20(25-14)22(2,3)26-21(27)17-8-9-24-18-13-23-10-11-28-19(17)18/h4-9,12,23H,10-11,13H2,1-3H3,(H,26,27). The third-order valence-corrected chi connectivity index (χ3v) is 4.93. The van der Waals surface area contributed by atoms with Gasteiger partial charge < -0.3 is 15.4 Å². The van der Waals surface area contributed by atoms with Crippen LogP contribution in [0.15, 0.2) is 42.6 Å². The molecule has 0 spiro atoms. The van der Waals surface area contributed by atoms with Crippen molar-refractivity contribution in [2.45, 2.75) is 32.9 Å². The Morgan fingerprint density at radius 3 is 2.93 bits per heavy atom. The monoisotopic (exact) mass is 376 g/mol. The highest BCUT2D eigenvalue weighted by Gasteiger charge is 2.29. The molecule has 144 valence electrons. The van der Waals surface area contributed by atoms with Gasteiger partial charge in [0.05, 0.1) is 22.5 Å². The maximum absolute atomic E-state index is 13.2. The molecule has 28 heavy (non-hydrogen) atoms. The van der Waals surface area contributed by atoms with Gasteiger partial charge >= 0.3 is 0 Å². The van der Waals surface area contributed by atoms with Gasteiger partial charge in [-0.3, -0.25) is 14.8 Å². The second-order valence-electron chi connectivity index (χ2n) is 7.57. The van der Waals surface area contributed by atoms with Crippen molar-refractivity contribution in [3.63, 3.8) is 0 Å². The molecule has 0 fully saturated rings. The maximum Gasteiger partial charge on any atom is 0.255 e. The Hall–Kier alpha value is -2.99. The lowest BCUT2D eigenvalue weighted by molar-refractivity contribution is 0.0906. The van der Waals surface area contributed by atoms with Gasteiger partial charge in [-0.2, -0.15) is 0 Å². The molecule has 0 atom stereocenters. The van der Waals surface area contributed by atoms with Crippen LogP contribution >= 0.6 is 0 Å². The third kappa shape index (κ3) is 3.43. The predicted molar refractivity (Wildman–Crippen MR) is 108 cm³/mol. The molecular formula is C22H24N4O2. The number of hydrogen-bond acceptors (Lipinski definition) is 5. The van der Waals surface area contributed by atoms with Crippen LogP contribution in [0.25, 0.3) is 10.8 Å². The Balaban J connectivity index is 1.71. The van der Waals surface area contributed by atoms with Gasteiger partial charge in [0.15, 0.2) is 5.75 Å². The first-order chi connectivity index (χ1) is 13.5. The van der Waals surface area contributed by atoms with Crippen molar-refractivity contribution in [3.05, 3.63) is 65.2 Å². The van der Waals surface area contributed by atoms with E-state index in [1.807, 2.05) is 39.0 Å². The zero-order chi connectivity index (χ0) is 19.7. The van der Waals surface area contributed by atoms with Crippen molar-refractivity contribution >= 4 is 16.7 Å². The van der Waals surface area contributed by atoms with E-state index in [9.17, 15) is 4.79 Å². The van der Waals surface area contributed by atoms with Gasteiger partial charge in [0, 0.05) is 30.4 Å². The number of aromatic nitrogens is 2. The number of hydrogen-bond donors (Lipinski definition) is 2. The van der Waals surface area contributed by atoms with Crippen molar-refractivity contribution in [1.29, 1.82) is 0 Å². The van der Waals surface area contributed by atoms with Crippen LogP contribution in [0.2, 0.25) is 0 Å². The molecule has 2 aromatic heterocycles. The van der Waals surface area contributed by atoms with E-state index in [-0.39, 0.29) is 5.91 Å². The molecule has 0 saturated carbocycles. The number of carbonyl (C=O) groups is 1. The summed E-state index contributed by atoms with van der Waals surface area (Å²) in [5, 5.41) is 8.54. The molecule has 4 rings (SSSR count). The number of fused-ring (bicyclic) bond motifs is 2. The van der Waals surface area contributed by atoms with Gasteiger partial charge in [0.1, 0.15) is 6.61 Å². The van der Waals surface area contributed by atoms with Gasteiger partial charge in [0.2, 0.25) is 0 Å². The zero-order valence-electron chi connectivity index (χ0n) is 16.4. The number of carbonyl (C=O) groups excluding carboxylic acids is 1. The van der Waals surface area contributed by atoms with Crippen molar-refractivity contribution in [3.8, 4) is 5.75 Å². The highest BCUT2D eigenvalue weighted by Crippen LogP contribution is 2.29. The summed E-state index contributed by atoms with van der Waals surface area (Å²) in [7, 11) is 0. The van der Waals surface area contributed by atoms with Gasteiger partial charge in [-0.05, 0) is 38.3 Å². The van der Waals surface area contributed by atoms with Crippen LogP contribution in [-0.2, 0) is 12.1 Å². The number of aryl methyl sites for hydroxylation is 1. The fourth-order valence-corrected chi connectivity index (χ4v) is 3.61. The Morgan fingerprint density at radius 2 is 2.07 bits per heavy atom. The summed E-state index contributed by atoms with van der Waals surface area (Å²) in [6, 6.07) is 11.9. The molecule has 3 aromatic rings. The fraction of sp³-hybridized carbons (Fsp3) is 0.318. The van der Waals surface area contributed by atoms with Crippen molar-refractivity contribution in [2.75, 3.05) is 13.2 Å². The molecular weight excluding hydrogens is 352 g/mol. The Labute approximate surface area is 164 Å². The summed E-state index contributed by atoms with van der Waals surface area (Å²) in [6.07, 6.45) is 1.65. The minimum Gasteiger partial charge on any atom is -0.489 e. The molecule has 0 bridgehead atoms. The first-order valence-electron chi connectivity index (χ1n) is 9.46. The highest BCUT2D eigenvalue weighted by atomic mass is 16.5. The lowest BCUT2D eigenvalue weighted by atomic mass is 9.93. The lowest BCUT2D eigenvalue weighted by Gasteiger charge is -2.28. The Kier molecular flexibility index (Phi) is 4.73. The number of benzene rings is 1. The topological polar surface area (TPSA) is 76.1 Å². The summed E-state index contributed by atoms with van der Waals surface area (Å²) < 4.78 is 5.81. The summed E-state index contributed by atoms with van der Waals surface area (Å²) in [5.41, 5.74) is 2.35. The molecule has 6 heteroatoms. The van der Waals surface area contributed by atoms with E-state index < -0.39 is 5.54 Å². The number of pyridine rings is 2. The van der Waals surface area contributed by atoms with Gasteiger partial charge in [0.25, 0.3) is 5.91 Å². The molecule has 1 aliphatic heterocycles. The van der Waals surface area contributed by atoms with Crippen molar-refractivity contribution in [2.24, 2.45) is 0 Å². The third-order valence-electron chi connectivity index (χ3n) is 4.93. The van der Waals surface area contributed by atoms with Gasteiger partial charge in [-0.25, -0.2) is 0 Å². The number of nitrogens with zero attached hydrogens (tertiary/aromatic N) is 2. The average Bonchev–Trinajstić information content (AvgIpc) is 2.92. The van der Waals surface area contributed by atoms with Crippen LogP contribution in [0.3, 0.4) is 0 Å². The quantitative estimate of drug-likeness (QED) is 0.735. The van der Waals surface area contributed by atoms with E-state index in [2.05, 4.69) is 27.8 Å². The first kappa shape index (κ1) is 18.4. The molecule has 2 N–H and O–H groups in total. The molecule has 0 radical (unpaired) electrons. The number of ether oxygens (including phenoxy) is 1. The molecule has 1 amide bonds. The number of nitrogens with one attached hydrogen (secondary N) is 2. The molecule has 3 heterocycles. The van der Waals surface area contributed by atoms with Crippen molar-refractivity contribution < 1.29 is 9.53 Å². The summed E-state index contributed by atoms with van der Waals surface area (Å²) in [4.78, 5) is 22.3. The van der Waals surface area contributed by atoms with E-state index in [0.717, 1.165) is 34.4 Å². The molecule has 0 unspecified atom stereocenters. The van der Waals surface area contributed by atoms with Crippen LogP contribution in [0.1, 0.15) is 41.3 Å². The minimum atomic E-state index is -0.665. The van der Waals surface area contributed by atoms with E-state index in [0.29, 0.717) is 24.5 Å². The maximum atomic E-state index is 13.2. The predicted octanol–water partition coefficient (Wildman–Crippen LogP) is 3.09. The van der Waals surface area contributed by atoms with Gasteiger partial charge in [-0.1, -0.05) is 24.3 Å². The average molecular weight is 376 g/mol. The molecule has 6 nitrogen and oxygen atoms in total. The van der Waals surface area contributed by atoms with Crippen LogP contribution < -0.4 is 15.4 Å². The Morgan fingerprint density at radius 1 is 1.25 bits per heavy atom. The molecule has 0 saturated heterocycles. The SMILES string of the molecule is Cc1cc2ccccc2c(C(C)(C)NC(=O)c2ccnc3c2OCCNC3)n1. The molecule has 1 aliphatic rings. The normalized spacial score (nSPS) is 14.1. The smallest absolute Gasteiger partial charge is 0.255 e. The largest absolute Gasteiger partial charge is 0.489 e. The van der Waals surface area contributed by atoms with Crippen LogP contribution in [0.5, 0.6) is 5.75 Å². The summed E-state index contributed by atoms with van der Waals surface area (Å²) in [5.74, 6) is 0.362. The van der Waals surface area contributed by atoms with Gasteiger partial charge in [-0.15, -0.1) is 0 Å². The fourth-order valence-electron chi connectivity index (χ4n) is 3.61. The van der Waals surface area contributed by atoms with Crippen LogP contribution in [-0.4, -0.2) is 29.0 Å². The number of amides is 1. The van der Waals surface area contributed by atoms with Crippen LogP contribution in [0, 0.1) is 6.92 Å². The zero-order valence-corrected chi connectivity index (χ0v) is 16.4. The lowest BCUT2D eigenvalue weighted by Crippen LogP contribution is -2.42. The molecule has 1 aromatic carbocycles. The number of rotatable bonds is 3. The van der Waals surface area contributed by atoms with E-state index in [1.54, 1.807) is 12.3 Å². The van der Waals surface area contributed by atoms with E-state index in [1.165, 1.54) is 0 Å². The highest BCUT2D eigenvalue weighted by molar-refractivity contribution is 5.98. The second kappa shape index (κ2) is 7.20. The van der Waals surface area contributed by atoms with Crippen LogP contribution in [0.4, 0.5) is 0 Å². The van der Waals surface area contributed by atoms with E-state index >= 15 is 0 Å². The van der Waals surface area contributed by atoms with Crippen molar-refractivity contribution in [1.82, 2.24) is 20.6 Å². The summed E-state index contributed by atoms with van der Waals surface area (Å²) >= 11 is 0. The summed E-state index contributed by atoms with van der Waals surface area (Å²) in [6.45, 7) is 7.73. The minimum absolute atomic E-state index is 0.196. The first-order valence-corrected chi connectivity index (χ1v) is 9.46.